The maximum Gasteiger partial charge on any atom is 0.335 e. The molecule has 0 aromatic heterocycles. The molecule has 0 bridgehead atoms. The number of carboxylic acids is 1. The molecule has 1 aliphatic rings. The van der Waals surface area contributed by atoms with Gasteiger partial charge in [0, 0.05) is 19.5 Å². The quantitative estimate of drug-likeness (QED) is 0.822. The predicted octanol–water partition coefficient (Wildman–Crippen LogP) is 2.50. The summed E-state index contributed by atoms with van der Waals surface area (Å²) >= 11 is 0. The van der Waals surface area contributed by atoms with Crippen LogP contribution in [0.25, 0.3) is 0 Å². The molecule has 1 fully saturated rings. The Morgan fingerprint density at radius 2 is 1.89 bits per heavy atom. The summed E-state index contributed by atoms with van der Waals surface area (Å²) in [6, 6.07) is 13.9. The second-order valence-corrected chi connectivity index (χ2v) is 6.79. The molecule has 0 radical (unpaired) electrons. The van der Waals surface area contributed by atoms with Crippen molar-refractivity contribution in [2.24, 2.45) is 0 Å². The molecule has 0 saturated carbocycles. The number of carbonyl (C=O) groups excluding carboxylic acids is 2. The number of nitrogens with one attached hydrogen (secondary N) is 1. The first kappa shape index (κ1) is 18.6. The lowest BCUT2D eigenvalue weighted by atomic mass is 10.1. The first-order valence-electron chi connectivity index (χ1n) is 8.89. The van der Waals surface area contributed by atoms with Crippen molar-refractivity contribution in [3.63, 3.8) is 0 Å². The molecule has 6 nitrogen and oxygen atoms in total. The third-order valence-corrected chi connectivity index (χ3v) is 4.75. The van der Waals surface area contributed by atoms with Crippen molar-refractivity contribution in [3.8, 4) is 0 Å². The first-order chi connectivity index (χ1) is 12.9. The van der Waals surface area contributed by atoms with Crippen LogP contribution in [0.5, 0.6) is 0 Å². The van der Waals surface area contributed by atoms with Crippen LogP contribution < -0.4 is 5.32 Å². The Bertz CT molecular complexity index is 861. The Kier molecular flexibility index (Phi) is 5.54. The fourth-order valence-corrected chi connectivity index (χ4v) is 3.22. The summed E-state index contributed by atoms with van der Waals surface area (Å²) in [5.41, 5.74) is 3.02. The largest absolute Gasteiger partial charge is 0.478 e. The standard InChI is InChI=1S/C21H22N2O4/c1-14-5-7-15(8-6-14)13-23-18(9-10-19(23)24)20(25)22-12-16-3-2-4-17(11-16)21(26)27/h2-8,11,18H,9-10,12-13H2,1H3,(H,22,25)(H,26,27)/t18-/m0/s1. The van der Waals surface area contributed by atoms with Gasteiger partial charge in [0.1, 0.15) is 6.04 Å². The molecule has 2 N–H and O–H groups in total. The van der Waals surface area contributed by atoms with E-state index in [-0.39, 0.29) is 23.9 Å². The summed E-state index contributed by atoms with van der Waals surface area (Å²) in [5, 5.41) is 11.9. The van der Waals surface area contributed by atoms with Crippen LogP contribution in [0.3, 0.4) is 0 Å². The second-order valence-electron chi connectivity index (χ2n) is 6.79. The Labute approximate surface area is 157 Å². The van der Waals surface area contributed by atoms with Crippen molar-refractivity contribution in [1.82, 2.24) is 10.2 Å². The zero-order valence-corrected chi connectivity index (χ0v) is 15.1. The number of carbonyl (C=O) groups is 3. The van der Waals surface area contributed by atoms with Gasteiger partial charge in [0.25, 0.3) is 0 Å². The van der Waals surface area contributed by atoms with Crippen LogP contribution in [-0.2, 0) is 22.7 Å². The number of amides is 2. The van der Waals surface area contributed by atoms with Gasteiger partial charge in [-0.05, 0) is 36.6 Å². The molecule has 2 aromatic carbocycles. The van der Waals surface area contributed by atoms with Gasteiger partial charge in [-0.15, -0.1) is 0 Å². The molecule has 0 spiro atoms. The average Bonchev–Trinajstić information content (AvgIpc) is 3.02. The molecule has 2 amide bonds. The summed E-state index contributed by atoms with van der Waals surface area (Å²) in [5.74, 6) is -1.24. The molecule has 1 aliphatic heterocycles. The molecule has 0 aliphatic carbocycles. The van der Waals surface area contributed by atoms with E-state index in [4.69, 9.17) is 5.11 Å². The number of aromatic carboxylic acids is 1. The van der Waals surface area contributed by atoms with Crippen molar-refractivity contribution in [2.45, 2.75) is 38.9 Å². The molecule has 1 saturated heterocycles. The van der Waals surface area contributed by atoms with Gasteiger partial charge in [0.2, 0.25) is 11.8 Å². The van der Waals surface area contributed by atoms with Crippen molar-refractivity contribution >= 4 is 17.8 Å². The minimum atomic E-state index is -1.01. The van der Waals surface area contributed by atoms with Crippen molar-refractivity contribution < 1.29 is 19.5 Å². The summed E-state index contributed by atoms with van der Waals surface area (Å²) in [6.07, 6.45) is 0.851. The maximum absolute atomic E-state index is 12.6. The van der Waals surface area contributed by atoms with Crippen molar-refractivity contribution in [2.75, 3.05) is 0 Å². The monoisotopic (exact) mass is 366 g/mol. The lowest BCUT2D eigenvalue weighted by Gasteiger charge is -2.24. The van der Waals surface area contributed by atoms with Crippen LogP contribution in [-0.4, -0.2) is 33.8 Å². The van der Waals surface area contributed by atoms with E-state index in [1.54, 1.807) is 17.0 Å². The molecule has 0 unspecified atom stereocenters. The Morgan fingerprint density at radius 3 is 2.59 bits per heavy atom. The lowest BCUT2D eigenvalue weighted by Crippen LogP contribution is -2.44. The number of carboxylic acid groups (broad SMARTS) is 1. The van der Waals surface area contributed by atoms with Gasteiger partial charge in [0.05, 0.1) is 5.56 Å². The Hall–Kier alpha value is -3.15. The van der Waals surface area contributed by atoms with Crippen molar-refractivity contribution in [1.29, 1.82) is 0 Å². The third kappa shape index (κ3) is 4.53. The van der Waals surface area contributed by atoms with Gasteiger partial charge in [-0.1, -0.05) is 42.0 Å². The Morgan fingerprint density at radius 1 is 1.15 bits per heavy atom. The van der Waals surface area contributed by atoms with Gasteiger partial charge in [-0.2, -0.15) is 0 Å². The summed E-state index contributed by atoms with van der Waals surface area (Å²) in [7, 11) is 0. The Balaban J connectivity index is 1.64. The molecule has 1 heterocycles. The third-order valence-electron chi connectivity index (χ3n) is 4.75. The highest BCUT2D eigenvalue weighted by molar-refractivity contribution is 5.91. The van der Waals surface area contributed by atoms with E-state index in [2.05, 4.69) is 5.32 Å². The molecule has 6 heteroatoms. The fourth-order valence-electron chi connectivity index (χ4n) is 3.22. The summed E-state index contributed by atoms with van der Waals surface area (Å²) in [6.45, 7) is 2.63. The molecule has 3 rings (SSSR count). The number of aryl methyl sites for hydroxylation is 1. The minimum absolute atomic E-state index is 0.0244. The summed E-state index contributed by atoms with van der Waals surface area (Å²) < 4.78 is 0. The SMILES string of the molecule is Cc1ccc(CN2C(=O)CC[C@H]2C(=O)NCc2cccc(C(=O)O)c2)cc1. The molecule has 27 heavy (non-hydrogen) atoms. The highest BCUT2D eigenvalue weighted by Crippen LogP contribution is 2.22. The van der Waals surface area contributed by atoms with E-state index in [0.717, 1.165) is 11.1 Å². The highest BCUT2D eigenvalue weighted by Gasteiger charge is 2.35. The zero-order valence-electron chi connectivity index (χ0n) is 15.1. The van der Waals surface area contributed by atoms with E-state index in [1.165, 1.54) is 12.1 Å². The maximum atomic E-state index is 12.6. The molecule has 2 aromatic rings. The molecule has 140 valence electrons. The number of likely N-dealkylation sites (tertiary alicyclic amines) is 1. The van der Waals surface area contributed by atoms with Crippen molar-refractivity contribution in [3.05, 3.63) is 70.8 Å². The second kappa shape index (κ2) is 8.03. The topological polar surface area (TPSA) is 86.7 Å². The van der Waals surface area contributed by atoms with Crippen LogP contribution in [0.1, 0.15) is 39.9 Å². The smallest absolute Gasteiger partial charge is 0.335 e. The van der Waals surface area contributed by atoms with Gasteiger partial charge in [-0.25, -0.2) is 4.79 Å². The van der Waals surface area contributed by atoms with Crippen LogP contribution in [0.15, 0.2) is 48.5 Å². The van der Waals surface area contributed by atoms with Crippen LogP contribution >= 0.6 is 0 Å². The van der Waals surface area contributed by atoms with E-state index >= 15 is 0 Å². The number of rotatable bonds is 6. The highest BCUT2D eigenvalue weighted by atomic mass is 16.4. The van der Waals surface area contributed by atoms with Crippen LogP contribution in [0.2, 0.25) is 0 Å². The number of hydrogen-bond acceptors (Lipinski definition) is 3. The first-order valence-corrected chi connectivity index (χ1v) is 8.89. The van der Waals surface area contributed by atoms with Gasteiger partial charge in [0.15, 0.2) is 0 Å². The number of hydrogen-bond donors (Lipinski definition) is 2. The van der Waals surface area contributed by atoms with Gasteiger partial charge in [-0.3, -0.25) is 9.59 Å². The molecule has 1 atom stereocenters. The fraction of sp³-hybridized carbons (Fsp3) is 0.286. The van der Waals surface area contributed by atoms with E-state index in [0.29, 0.717) is 24.9 Å². The molecular formula is C21H22N2O4. The van der Waals surface area contributed by atoms with E-state index in [1.807, 2.05) is 31.2 Å². The lowest BCUT2D eigenvalue weighted by molar-refractivity contribution is -0.135. The van der Waals surface area contributed by atoms with E-state index in [9.17, 15) is 14.4 Å². The van der Waals surface area contributed by atoms with Crippen LogP contribution in [0, 0.1) is 6.92 Å². The minimum Gasteiger partial charge on any atom is -0.478 e. The van der Waals surface area contributed by atoms with Gasteiger partial charge < -0.3 is 15.3 Å². The van der Waals surface area contributed by atoms with Gasteiger partial charge >= 0.3 is 5.97 Å². The average molecular weight is 366 g/mol. The zero-order chi connectivity index (χ0) is 19.4. The normalized spacial score (nSPS) is 16.4. The predicted molar refractivity (Wildman–Crippen MR) is 100.0 cm³/mol. The number of benzene rings is 2. The number of nitrogens with zero attached hydrogens (tertiary/aromatic N) is 1. The van der Waals surface area contributed by atoms with E-state index < -0.39 is 12.0 Å². The molecular weight excluding hydrogens is 344 g/mol. The van der Waals surface area contributed by atoms with Crippen LogP contribution in [0.4, 0.5) is 0 Å². The summed E-state index contributed by atoms with van der Waals surface area (Å²) in [4.78, 5) is 37.5.